The summed E-state index contributed by atoms with van der Waals surface area (Å²) in [4.78, 5) is 21.7. The molecule has 0 aliphatic carbocycles. The number of esters is 1. The minimum atomic E-state index is -1.04. The smallest absolute Gasteiger partial charge is 0.338 e. The number of nitro benzene ring substituents is 1. The third kappa shape index (κ3) is 4.64. The minimum absolute atomic E-state index is 0.130. The lowest BCUT2D eigenvalue weighted by Gasteiger charge is -2.14. The molecule has 0 amide bonds. The Bertz CT molecular complexity index is 579. The van der Waals surface area contributed by atoms with Crippen molar-refractivity contribution in [2.75, 3.05) is 25.9 Å². The SMILES string of the molecule is COC(=O)c1cc(C#CS(C)(C)C)cc([N+](=O)[O-])c1. The maximum Gasteiger partial charge on any atom is 0.338 e. The molecule has 0 atom stereocenters. The quantitative estimate of drug-likeness (QED) is 0.361. The van der Waals surface area contributed by atoms with Gasteiger partial charge < -0.3 is 4.74 Å². The third-order valence-corrected chi connectivity index (χ3v) is 2.77. The van der Waals surface area contributed by atoms with Crippen LogP contribution in [0.25, 0.3) is 0 Å². The van der Waals surface area contributed by atoms with E-state index in [1.54, 1.807) is 0 Å². The first-order valence-corrected chi connectivity index (χ1v) is 8.17. The molecule has 0 radical (unpaired) electrons. The van der Waals surface area contributed by atoms with E-state index in [0.29, 0.717) is 5.56 Å². The van der Waals surface area contributed by atoms with Crippen molar-refractivity contribution in [2.24, 2.45) is 0 Å². The predicted octanol–water partition coefficient (Wildman–Crippen LogP) is 2.38. The Hall–Kier alpha value is -2.00. The number of methoxy groups -OCH3 is 1. The molecule has 0 aliphatic rings. The molecule has 1 aromatic rings. The molecule has 0 fully saturated rings. The highest BCUT2D eigenvalue weighted by atomic mass is 32.3. The van der Waals surface area contributed by atoms with Gasteiger partial charge >= 0.3 is 5.97 Å². The lowest BCUT2D eigenvalue weighted by molar-refractivity contribution is -0.384. The van der Waals surface area contributed by atoms with Crippen LogP contribution in [0.5, 0.6) is 0 Å². The van der Waals surface area contributed by atoms with Gasteiger partial charge in [0.2, 0.25) is 0 Å². The number of nitro groups is 1. The summed E-state index contributed by atoms with van der Waals surface area (Å²) in [7, 11) is 0.187. The molecule has 0 saturated heterocycles. The number of hydrogen-bond donors (Lipinski definition) is 0. The van der Waals surface area contributed by atoms with Crippen LogP contribution in [0.3, 0.4) is 0 Å². The number of non-ortho nitro benzene ring substituents is 1. The second kappa shape index (κ2) is 5.76. The van der Waals surface area contributed by atoms with Crippen molar-refractivity contribution >= 4 is 21.7 Å². The Morgan fingerprint density at radius 2 is 1.95 bits per heavy atom. The fraction of sp³-hybridized carbons (Fsp3) is 0.308. The molecule has 5 nitrogen and oxygen atoms in total. The van der Waals surface area contributed by atoms with Crippen LogP contribution in [0.1, 0.15) is 15.9 Å². The molecule has 0 heterocycles. The van der Waals surface area contributed by atoms with Crippen LogP contribution in [-0.4, -0.2) is 36.8 Å². The van der Waals surface area contributed by atoms with Gasteiger partial charge in [-0.25, -0.2) is 4.79 Å². The van der Waals surface area contributed by atoms with Crippen LogP contribution in [-0.2, 0) is 4.74 Å². The number of ether oxygens (including phenoxy) is 1. The van der Waals surface area contributed by atoms with Gasteiger partial charge in [0.15, 0.2) is 0 Å². The summed E-state index contributed by atoms with van der Waals surface area (Å²) >= 11 is 0. The Morgan fingerprint density at radius 3 is 2.42 bits per heavy atom. The van der Waals surface area contributed by atoms with Crippen molar-refractivity contribution in [1.82, 2.24) is 0 Å². The second-order valence-corrected chi connectivity index (χ2v) is 8.46. The molecular weight excluding hydrogens is 266 g/mol. The summed E-state index contributed by atoms with van der Waals surface area (Å²) < 4.78 is 4.57. The lowest BCUT2D eigenvalue weighted by Crippen LogP contribution is -2.03. The van der Waals surface area contributed by atoms with Crippen molar-refractivity contribution in [2.45, 2.75) is 0 Å². The number of rotatable bonds is 2. The summed E-state index contributed by atoms with van der Waals surface area (Å²) in [6, 6.07) is 4.03. The van der Waals surface area contributed by atoms with Gasteiger partial charge in [0.25, 0.3) is 5.69 Å². The molecule has 0 bridgehead atoms. The highest BCUT2D eigenvalue weighted by Gasteiger charge is 2.14. The first-order chi connectivity index (χ1) is 8.73. The largest absolute Gasteiger partial charge is 0.465 e. The number of nitrogens with zero attached hydrogens (tertiary/aromatic N) is 1. The first kappa shape index (κ1) is 15.1. The number of carbonyl (C=O) groups is 1. The number of carbonyl (C=O) groups excluding carboxylic acids is 1. The average Bonchev–Trinajstić information content (AvgIpc) is 2.34. The van der Waals surface area contributed by atoms with Crippen LogP contribution in [0.2, 0.25) is 0 Å². The number of benzene rings is 1. The van der Waals surface area contributed by atoms with Crippen LogP contribution in [0, 0.1) is 21.3 Å². The van der Waals surface area contributed by atoms with E-state index in [0.717, 1.165) is 0 Å². The van der Waals surface area contributed by atoms with E-state index in [1.807, 2.05) is 18.8 Å². The summed E-state index contributed by atoms with van der Waals surface area (Å²) in [6.07, 6.45) is 6.04. The molecule has 0 aliphatic heterocycles. The lowest BCUT2D eigenvalue weighted by atomic mass is 10.1. The van der Waals surface area contributed by atoms with Gasteiger partial charge in [-0.15, -0.1) is 0 Å². The van der Waals surface area contributed by atoms with Crippen LogP contribution in [0.4, 0.5) is 5.69 Å². The standard InChI is InChI=1S/C13H15NO4S/c1-18-13(15)11-7-10(5-6-19(2,3)4)8-12(9-11)14(16)17/h7-9H,1-4H3. The zero-order valence-corrected chi connectivity index (χ0v) is 12.0. The normalized spacial score (nSPS) is 11.2. The van der Waals surface area contributed by atoms with E-state index < -0.39 is 20.9 Å². The van der Waals surface area contributed by atoms with Gasteiger partial charge in [-0.2, -0.15) is 10.0 Å². The van der Waals surface area contributed by atoms with Gasteiger partial charge in [0, 0.05) is 17.7 Å². The van der Waals surface area contributed by atoms with Gasteiger partial charge in [-0.1, -0.05) is 5.92 Å². The molecule has 0 saturated carbocycles. The van der Waals surface area contributed by atoms with Gasteiger partial charge in [-0.3, -0.25) is 10.1 Å². The van der Waals surface area contributed by atoms with E-state index in [4.69, 9.17) is 0 Å². The molecule has 1 rings (SSSR count). The maximum absolute atomic E-state index is 11.5. The topological polar surface area (TPSA) is 69.4 Å². The number of hydrogen-bond acceptors (Lipinski definition) is 4. The summed E-state index contributed by atoms with van der Waals surface area (Å²) in [6.45, 7) is 0. The fourth-order valence-corrected chi connectivity index (χ4v) is 1.66. The Morgan fingerprint density at radius 1 is 1.32 bits per heavy atom. The van der Waals surface area contributed by atoms with Crippen LogP contribution >= 0.6 is 10.0 Å². The van der Waals surface area contributed by atoms with E-state index in [-0.39, 0.29) is 11.3 Å². The molecule has 102 valence electrons. The zero-order chi connectivity index (χ0) is 14.6. The highest BCUT2D eigenvalue weighted by Crippen LogP contribution is 2.32. The van der Waals surface area contributed by atoms with Crippen LogP contribution in [0.15, 0.2) is 18.2 Å². The fourth-order valence-electron chi connectivity index (χ4n) is 1.24. The molecule has 1 aromatic carbocycles. The second-order valence-electron chi connectivity index (χ2n) is 4.58. The van der Waals surface area contributed by atoms with Crippen molar-refractivity contribution in [3.05, 3.63) is 39.4 Å². The molecule has 0 N–H and O–H groups in total. The zero-order valence-electron chi connectivity index (χ0n) is 11.2. The molecule has 6 heteroatoms. The summed E-state index contributed by atoms with van der Waals surface area (Å²) in [5.41, 5.74) is 0.401. The van der Waals surface area contributed by atoms with E-state index in [2.05, 4.69) is 15.9 Å². The van der Waals surface area contributed by atoms with Crippen LogP contribution < -0.4 is 0 Å². The minimum Gasteiger partial charge on any atom is -0.465 e. The summed E-state index contributed by atoms with van der Waals surface area (Å²) in [5, 5.41) is 13.9. The molecule has 0 spiro atoms. The Kier molecular flexibility index (Phi) is 4.57. The molecule has 19 heavy (non-hydrogen) atoms. The Balaban J connectivity index is 3.31. The maximum atomic E-state index is 11.5. The van der Waals surface area contributed by atoms with Crippen molar-refractivity contribution in [3.63, 3.8) is 0 Å². The Labute approximate surface area is 113 Å². The van der Waals surface area contributed by atoms with Gasteiger partial charge in [0.05, 0.1) is 17.6 Å². The van der Waals surface area contributed by atoms with Crippen molar-refractivity contribution in [3.8, 4) is 11.2 Å². The highest BCUT2D eigenvalue weighted by molar-refractivity contribution is 8.35. The average molecular weight is 281 g/mol. The third-order valence-electron chi connectivity index (χ3n) is 2.05. The van der Waals surface area contributed by atoms with Gasteiger partial charge in [0.1, 0.15) is 0 Å². The predicted molar refractivity (Wildman–Crippen MR) is 76.7 cm³/mol. The van der Waals surface area contributed by atoms with E-state index >= 15 is 0 Å². The van der Waals surface area contributed by atoms with Crippen molar-refractivity contribution in [1.29, 1.82) is 0 Å². The van der Waals surface area contributed by atoms with E-state index in [1.165, 1.54) is 25.3 Å². The monoisotopic (exact) mass is 281 g/mol. The molecule has 0 aromatic heterocycles. The summed E-state index contributed by atoms with van der Waals surface area (Å²) in [5.74, 6) is 2.26. The van der Waals surface area contributed by atoms with Gasteiger partial charge in [-0.05, 0) is 30.1 Å². The molecule has 0 unspecified atom stereocenters. The van der Waals surface area contributed by atoms with E-state index in [9.17, 15) is 14.9 Å². The first-order valence-electron chi connectivity index (χ1n) is 5.32. The molecular formula is C13H15NO4S. The van der Waals surface area contributed by atoms with Crippen molar-refractivity contribution < 1.29 is 14.5 Å².